The molecule has 0 atom stereocenters. The summed E-state index contributed by atoms with van der Waals surface area (Å²) >= 11 is 1.17. The van der Waals surface area contributed by atoms with Crippen molar-refractivity contribution in [2.24, 2.45) is 0 Å². The van der Waals surface area contributed by atoms with E-state index in [-0.39, 0.29) is 11.0 Å². The lowest BCUT2D eigenvalue weighted by Crippen LogP contribution is -2.21. The van der Waals surface area contributed by atoms with Crippen LogP contribution in [0.2, 0.25) is 0 Å². The number of rotatable bonds is 2. The number of amides is 1. The van der Waals surface area contributed by atoms with Gasteiger partial charge in [-0.15, -0.1) is 10.2 Å². The fourth-order valence-electron chi connectivity index (χ4n) is 0.669. The van der Waals surface area contributed by atoms with E-state index in [1.165, 1.54) is 11.3 Å². The van der Waals surface area contributed by atoms with E-state index in [1.54, 1.807) is 0 Å². The average Bonchev–Trinajstić information content (AvgIpc) is 2.52. The molecule has 1 aromatic heterocycles. The summed E-state index contributed by atoms with van der Waals surface area (Å²) < 4.78 is 0. The summed E-state index contributed by atoms with van der Waals surface area (Å²) in [5.74, 6) is -2.43. The highest BCUT2D eigenvalue weighted by Gasteiger charge is 2.14. The number of anilines is 1. The first-order valence-electron chi connectivity index (χ1n) is 3.88. The predicted molar refractivity (Wildman–Crippen MR) is 50.3 cm³/mol. The minimum absolute atomic E-state index is 0.209. The molecule has 76 valence electrons. The molecule has 2 N–H and O–H groups in total. The van der Waals surface area contributed by atoms with Gasteiger partial charge in [-0.05, 0) is 0 Å². The SMILES string of the molecule is CC(C)c1nnc(NC(=O)C(=O)O)s1. The molecule has 0 saturated carbocycles. The normalized spacial score (nSPS) is 10.2. The topological polar surface area (TPSA) is 92.2 Å². The lowest BCUT2D eigenvalue weighted by molar-refractivity contribution is -0.147. The van der Waals surface area contributed by atoms with E-state index in [9.17, 15) is 9.59 Å². The Bertz CT molecular complexity index is 361. The van der Waals surface area contributed by atoms with Crippen LogP contribution in [-0.2, 0) is 9.59 Å². The lowest BCUT2D eigenvalue weighted by Gasteiger charge is -1.94. The van der Waals surface area contributed by atoms with Crippen molar-refractivity contribution in [3.63, 3.8) is 0 Å². The Balaban J connectivity index is 2.69. The highest BCUT2D eigenvalue weighted by molar-refractivity contribution is 7.15. The van der Waals surface area contributed by atoms with Gasteiger partial charge in [-0.2, -0.15) is 0 Å². The van der Waals surface area contributed by atoms with E-state index >= 15 is 0 Å². The number of hydrogen-bond donors (Lipinski definition) is 2. The van der Waals surface area contributed by atoms with Crippen LogP contribution in [0.3, 0.4) is 0 Å². The summed E-state index contributed by atoms with van der Waals surface area (Å²) in [6, 6.07) is 0. The highest BCUT2D eigenvalue weighted by Crippen LogP contribution is 2.21. The van der Waals surface area contributed by atoms with Crippen LogP contribution in [0.15, 0.2) is 0 Å². The van der Waals surface area contributed by atoms with Crippen LogP contribution in [0.4, 0.5) is 5.13 Å². The van der Waals surface area contributed by atoms with Gasteiger partial charge < -0.3 is 5.11 Å². The second-order valence-corrected chi connectivity index (χ2v) is 3.87. The third kappa shape index (κ3) is 2.49. The summed E-state index contributed by atoms with van der Waals surface area (Å²) in [5, 5.41) is 18.8. The van der Waals surface area contributed by atoms with Crippen LogP contribution in [-0.4, -0.2) is 27.2 Å². The molecule has 0 aliphatic heterocycles. The largest absolute Gasteiger partial charge is 0.474 e. The van der Waals surface area contributed by atoms with Crippen molar-refractivity contribution < 1.29 is 14.7 Å². The van der Waals surface area contributed by atoms with Crippen molar-refractivity contribution in [1.82, 2.24) is 10.2 Å². The maximum atomic E-state index is 10.7. The molecule has 0 fully saturated rings. The zero-order valence-corrected chi connectivity index (χ0v) is 8.46. The van der Waals surface area contributed by atoms with Crippen molar-refractivity contribution in [3.8, 4) is 0 Å². The third-order valence-corrected chi connectivity index (χ3v) is 2.49. The maximum Gasteiger partial charge on any atom is 0.394 e. The van der Waals surface area contributed by atoms with Gasteiger partial charge in [-0.1, -0.05) is 25.2 Å². The summed E-state index contributed by atoms with van der Waals surface area (Å²) in [7, 11) is 0. The van der Waals surface area contributed by atoms with E-state index in [0.29, 0.717) is 0 Å². The Kier molecular flexibility index (Phi) is 3.13. The van der Waals surface area contributed by atoms with Crippen LogP contribution in [0.25, 0.3) is 0 Å². The monoisotopic (exact) mass is 215 g/mol. The molecule has 0 aliphatic rings. The smallest absolute Gasteiger partial charge is 0.394 e. The zero-order chi connectivity index (χ0) is 10.7. The number of carboxylic acids is 1. The van der Waals surface area contributed by atoms with Gasteiger partial charge in [-0.3, -0.25) is 10.1 Å². The zero-order valence-electron chi connectivity index (χ0n) is 7.64. The van der Waals surface area contributed by atoms with E-state index < -0.39 is 11.9 Å². The molecule has 0 radical (unpaired) electrons. The molecule has 1 rings (SSSR count). The summed E-state index contributed by atoms with van der Waals surface area (Å²) in [6.45, 7) is 3.87. The molecule has 0 unspecified atom stereocenters. The number of carbonyl (C=O) groups excluding carboxylic acids is 1. The molecule has 0 spiro atoms. The quantitative estimate of drug-likeness (QED) is 0.708. The van der Waals surface area contributed by atoms with Crippen molar-refractivity contribution in [1.29, 1.82) is 0 Å². The van der Waals surface area contributed by atoms with Gasteiger partial charge in [0.25, 0.3) is 0 Å². The van der Waals surface area contributed by atoms with Crippen molar-refractivity contribution in [2.75, 3.05) is 5.32 Å². The molecule has 0 saturated heterocycles. The molecule has 0 aliphatic carbocycles. The van der Waals surface area contributed by atoms with Gasteiger partial charge in [0.05, 0.1) is 0 Å². The Labute approximate surface area is 84.0 Å². The van der Waals surface area contributed by atoms with Gasteiger partial charge in [0, 0.05) is 5.92 Å². The molecule has 0 aromatic carbocycles. The molecule has 7 heteroatoms. The van der Waals surface area contributed by atoms with E-state index in [1.807, 2.05) is 13.8 Å². The van der Waals surface area contributed by atoms with Crippen LogP contribution in [0, 0.1) is 0 Å². The molecule has 1 heterocycles. The first-order valence-corrected chi connectivity index (χ1v) is 4.70. The summed E-state index contributed by atoms with van der Waals surface area (Å²) in [6.07, 6.45) is 0. The van der Waals surface area contributed by atoms with Crippen LogP contribution in [0.1, 0.15) is 24.8 Å². The first kappa shape index (κ1) is 10.6. The van der Waals surface area contributed by atoms with Gasteiger partial charge in [0.15, 0.2) is 0 Å². The van der Waals surface area contributed by atoms with E-state index in [0.717, 1.165) is 5.01 Å². The van der Waals surface area contributed by atoms with Crippen molar-refractivity contribution in [2.45, 2.75) is 19.8 Å². The Hall–Kier alpha value is -1.50. The third-order valence-electron chi connectivity index (χ3n) is 1.35. The van der Waals surface area contributed by atoms with Crippen molar-refractivity contribution in [3.05, 3.63) is 5.01 Å². The minimum Gasteiger partial charge on any atom is -0.474 e. The number of nitrogens with one attached hydrogen (secondary N) is 1. The van der Waals surface area contributed by atoms with Crippen LogP contribution >= 0.6 is 11.3 Å². The number of hydrogen-bond acceptors (Lipinski definition) is 5. The van der Waals surface area contributed by atoms with Crippen LogP contribution in [0.5, 0.6) is 0 Å². The van der Waals surface area contributed by atoms with Crippen molar-refractivity contribution >= 4 is 28.3 Å². The standard InChI is InChI=1S/C7H9N3O3S/c1-3(2)5-9-10-7(14-5)8-4(11)6(12)13/h3H,1-2H3,(H,12,13)(H,8,10,11). The molecular weight excluding hydrogens is 206 g/mol. The first-order chi connectivity index (χ1) is 6.50. The highest BCUT2D eigenvalue weighted by atomic mass is 32.1. The van der Waals surface area contributed by atoms with Crippen LogP contribution < -0.4 is 5.32 Å². The molecule has 6 nitrogen and oxygen atoms in total. The minimum atomic E-state index is -1.54. The fraction of sp³-hybridized carbons (Fsp3) is 0.429. The van der Waals surface area contributed by atoms with Gasteiger partial charge in [-0.25, -0.2) is 4.79 Å². The Morgan fingerprint density at radius 3 is 2.50 bits per heavy atom. The Morgan fingerprint density at radius 2 is 2.07 bits per heavy atom. The second kappa shape index (κ2) is 4.14. The second-order valence-electron chi connectivity index (χ2n) is 2.86. The molecule has 0 bridgehead atoms. The predicted octanol–water partition coefficient (Wildman–Crippen LogP) is 0.685. The average molecular weight is 215 g/mol. The summed E-state index contributed by atoms with van der Waals surface area (Å²) in [4.78, 5) is 20.9. The van der Waals surface area contributed by atoms with Gasteiger partial charge in [0.1, 0.15) is 5.01 Å². The number of carbonyl (C=O) groups is 2. The van der Waals surface area contributed by atoms with Gasteiger partial charge >= 0.3 is 11.9 Å². The molecule has 14 heavy (non-hydrogen) atoms. The molecular formula is C7H9N3O3S. The number of carboxylic acid groups (broad SMARTS) is 1. The number of aromatic nitrogens is 2. The number of aliphatic carboxylic acids is 1. The number of nitrogens with zero attached hydrogens (tertiary/aromatic N) is 2. The molecule has 1 amide bonds. The fourth-order valence-corrected chi connectivity index (χ4v) is 1.41. The van der Waals surface area contributed by atoms with E-state index in [2.05, 4.69) is 15.5 Å². The van der Waals surface area contributed by atoms with E-state index in [4.69, 9.17) is 5.11 Å². The Morgan fingerprint density at radius 1 is 1.43 bits per heavy atom. The maximum absolute atomic E-state index is 10.7. The molecule has 1 aromatic rings. The van der Waals surface area contributed by atoms with Gasteiger partial charge in [0.2, 0.25) is 5.13 Å². The lowest BCUT2D eigenvalue weighted by atomic mass is 10.2. The summed E-state index contributed by atoms with van der Waals surface area (Å²) in [5.41, 5.74) is 0.